The topological polar surface area (TPSA) is 15.3 Å². The molecular formula is C14H23FN2. The molecule has 0 aliphatic rings. The molecule has 3 heteroatoms. The molecule has 1 aromatic rings. The van der Waals surface area contributed by atoms with Crippen molar-refractivity contribution in [3.63, 3.8) is 0 Å². The summed E-state index contributed by atoms with van der Waals surface area (Å²) >= 11 is 0. The van der Waals surface area contributed by atoms with Gasteiger partial charge < -0.3 is 10.2 Å². The minimum absolute atomic E-state index is 0.139. The summed E-state index contributed by atoms with van der Waals surface area (Å²) in [5.74, 6) is -0.139. The maximum absolute atomic E-state index is 14.1. The maximum Gasteiger partial charge on any atom is 0.146 e. The van der Waals surface area contributed by atoms with Gasteiger partial charge in [-0.3, -0.25) is 0 Å². The molecule has 2 nitrogen and oxygen atoms in total. The highest BCUT2D eigenvalue weighted by Gasteiger charge is 2.19. The fourth-order valence-corrected chi connectivity index (χ4v) is 2.12. The van der Waals surface area contributed by atoms with Crippen LogP contribution in [0.4, 0.5) is 10.1 Å². The number of hydrogen-bond acceptors (Lipinski definition) is 2. The van der Waals surface area contributed by atoms with Crippen LogP contribution in [0, 0.1) is 5.82 Å². The molecule has 1 rings (SSSR count). The van der Waals surface area contributed by atoms with Crippen LogP contribution < -0.4 is 10.2 Å². The quantitative estimate of drug-likeness (QED) is 0.846. The molecule has 0 spiro atoms. The monoisotopic (exact) mass is 238 g/mol. The summed E-state index contributed by atoms with van der Waals surface area (Å²) in [6, 6.07) is 5.74. The van der Waals surface area contributed by atoms with Crippen molar-refractivity contribution in [2.24, 2.45) is 0 Å². The summed E-state index contributed by atoms with van der Waals surface area (Å²) in [5.41, 5.74) is 1.75. The first kappa shape index (κ1) is 14.0. The molecule has 1 N–H and O–H groups in total. The molecule has 1 aromatic carbocycles. The molecule has 1 unspecified atom stereocenters. The summed E-state index contributed by atoms with van der Waals surface area (Å²) in [6.45, 7) is 9.09. The SMILES string of the molecule is CCN(c1c(F)cccc1C(C)NC)C(C)C. The van der Waals surface area contributed by atoms with Crippen LogP contribution in [0.1, 0.15) is 39.3 Å². The smallest absolute Gasteiger partial charge is 0.146 e. The number of halogens is 1. The van der Waals surface area contributed by atoms with E-state index in [0.717, 1.165) is 17.8 Å². The zero-order chi connectivity index (χ0) is 13.0. The highest BCUT2D eigenvalue weighted by Crippen LogP contribution is 2.30. The predicted octanol–water partition coefficient (Wildman–Crippen LogP) is 3.34. The van der Waals surface area contributed by atoms with Crippen LogP contribution in [-0.2, 0) is 0 Å². The summed E-state index contributed by atoms with van der Waals surface area (Å²) in [7, 11) is 1.89. The van der Waals surface area contributed by atoms with E-state index in [-0.39, 0.29) is 11.9 Å². The van der Waals surface area contributed by atoms with Crippen LogP contribution in [0.3, 0.4) is 0 Å². The summed E-state index contributed by atoms with van der Waals surface area (Å²) in [4.78, 5) is 2.10. The van der Waals surface area contributed by atoms with Crippen molar-refractivity contribution in [2.75, 3.05) is 18.5 Å². The molecule has 0 saturated carbocycles. The molecule has 0 saturated heterocycles. The lowest BCUT2D eigenvalue weighted by molar-refractivity contribution is 0.585. The Bertz CT molecular complexity index is 363. The highest BCUT2D eigenvalue weighted by molar-refractivity contribution is 5.56. The van der Waals surface area contributed by atoms with Gasteiger partial charge in [0.05, 0.1) is 5.69 Å². The third-order valence-electron chi connectivity index (χ3n) is 3.17. The Morgan fingerprint density at radius 1 is 1.29 bits per heavy atom. The van der Waals surface area contributed by atoms with Crippen LogP contribution in [-0.4, -0.2) is 19.6 Å². The molecule has 0 heterocycles. The maximum atomic E-state index is 14.1. The highest BCUT2D eigenvalue weighted by atomic mass is 19.1. The second-order valence-corrected chi connectivity index (χ2v) is 4.57. The normalized spacial score (nSPS) is 12.9. The second kappa shape index (κ2) is 6.01. The molecule has 0 aliphatic carbocycles. The van der Waals surface area contributed by atoms with Gasteiger partial charge in [-0.1, -0.05) is 12.1 Å². The fraction of sp³-hybridized carbons (Fsp3) is 0.571. The van der Waals surface area contributed by atoms with Crippen molar-refractivity contribution in [3.05, 3.63) is 29.6 Å². The van der Waals surface area contributed by atoms with E-state index in [1.54, 1.807) is 6.07 Å². The Morgan fingerprint density at radius 2 is 1.94 bits per heavy atom. The molecule has 0 amide bonds. The molecular weight excluding hydrogens is 215 g/mol. The van der Waals surface area contributed by atoms with E-state index in [4.69, 9.17) is 0 Å². The third kappa shape index (κ3) is 2.97. The molecule has 0 fully saturated rings. The minimum Gasteiger partial charge on any atom is -0.367 e. The molecule has 0 aliphatic heterocycles. The average molecular weight is 238 g/mol. The number of benzene rings is 1. The van der Waals surface area contributed by atoms with Gasteiger partial charge >= 0.3 is 0 Å². The average Bonchev–Trinajstić information content (AvgIpc) is 2.30. The van der Waals surface area contributed by atoms with Gasteiger partial charge in [0.2, 0.25) is 0 Å². The van der Waals surface area contributed by atoms with Gasteiger partial charge in [-0.15, -0.1) is 0 Å². The van der Waals surface area contributed by atoms with E-state index in [2.05, 4.69) is 31.0 Å². The van der Waals surface area contributed by atoms with E-state index in [1.165, 1.54) is 6.07 Å². The van der Waals surface area contributed by atoms with Crippen molar-refractivity contribution < 1.29 is 4.39 Å². The molecule has 0 radical (unpaired) electrons. The van der Waals surface area contributed by atoms with Crippen molar-refractivity contribution >= 4 is 5.69 Å². The van der Waals surface area contributed by atoms with Crippen LogP contribution in [0.25, 0.3) is 0 Å². The molecule has 96 valence electrons. The van der Waals surface area contributed by atoms with E-state index in [9.17, 15) is 4.39 Å². The van der Waals surface area contributed by atoms with Gasteiger partial charge in [-0.25, -0.2) is 4.39 Å². The van der Waals surface area contributed by atoms with E-state index in [1.807, 2.05) is 20.0 Å². The van der Waals surface area contributed by atoms with Crippen molar-refractivity contribution in [1.29, 1.82) is 0 Å². The summed E-state index contributed by atoms with van der Waals surface area (Å²) in [5, 5.41) is 3.17. The number of hydrogen-bond donors (Lipinski definition) is 1. The van der Waals surface area contributed by atoms with E-state index in [0.29, 0.717) is 6.04 Å². The number of nitrogens with one attached hydrogen (secondary N) is 1. The van der Waals surface area contributed by atoms with Gasteiger partial charge in [0.25, 0.3) is 0 Å². The first-order chi connectivity index (χ1) is 8.02. The van der Waals surface area contributed by atoms with Crippen molar-refractivity contribution in [1.82, 2.24) is 5.32 Å². The number of nitrogens with zero attached hydrogens (tertiary/aromatic N) is 1. The van der Waals surface area contributed by atoms with E-state index < -0.39 is 0 Å². The van der Waals surface area contributed by atoms with Gasteiger partial charge in [-0.05, 0) is 46.4 Å². The van der Waals surface area contributed by atoms with Crippen LogP contribution in [0.15, 0.2) is 18.2 Å². The first-order valence-electron chi connectivity index (χ1n) is 6.25. The largest absolute Gasteiger partial charge is 0.367 e. The Hall–Kier alpha value is -1.09. The van der Waals surface area contributed by atoms with Crippen LogP contribution in [0.5, 0.6) is 0 Å². The standard InChI is InChI=1S/C14H23FN2/c1-6-17(10(2)3)14-12(11(4)16-5)8-7-9-13(14)15/h7-11,16H,6H2,1-5H3. The van der Waals surface area contributed by atoms with Gasteiger partial charge in [-0.2, -0.15) is 0 Å². The summed E-state index contributed by atoms with van der Waals surface area (Å²) < 4.78 is 14.1. The zero-order valence-corrected chi connectivity index (χ0v) is 11.4. The second-order valence-electron chi connectivity index (χ2n) is 4.57. The Balaban J connectivity index is 3.28. The molecule has 0 aromatic heterocycles. The summed E-state index contributed by atoms with van der Waals surface area (Å²) in [6.07, 6.45) is 0. The van der Waals surface area contributed by atoms with Crippen LogP contribution in [0.2, 0.25) is 0 Å². The van der Waals surface area contributed by atoms with Crippen molar-refractivity contribution in [2.45, 2.75) is 39.8 Å². The van der Waals surface area contributed by atoms with Crippen molar-refractivity contribution in [3.8, 4) is 0 Å². The minimum atomic E-state index is -0.139. The Morgan fingerprint density at radius 3 is 2.41 bits per heavy atom. The zero-order valence-electron chi connectivity index (χ0n) is 11.4. The number of rotatable bonds is 5. The predicted molar refractivity (Wildman–Crippen MR) is 72.0 cm³/mol. The van der Waals surface area contributed by atoms with Gasteiger partial charge in [0.1, 0.15) is 5.82 Å². The Labute approximate surface area is 104 Å². The lowest BCUT2D eigenvalue weighted by atomic mass is 10.0. The molecule has 1 atom stereocenters. The first-order valence-corrected chi connectivity index (χ1v) is 6.25. The third-order valence-corrected chi connectivity index (χ3v) is 3.17. The van der Waals surface area contributed by atoms with E-state index >= 15 is 0 Å². The fourth-order valence-electron chi connectivity index (χ4n) is 2.12. The van der Waals surface area contributed by atoms with Gasteiger partial charge in [0, 0.05) is 18.6 Å². The molecule has 17 heavy (non-hydrogen) atoms. The Kier molecular flexibility index (Phi) is 4.94. The van der Waals surface area contributed by atoms with Crippen LogP contribution >= 0.6 is 0 Å². The lowest BCUT2D eigenvalue weighted by Crippen LogP contribution is -2.33. The number of anilines is 1. The lowest BCUT2D eigenvalue weighted by Gasteiger charge is -2.31. The molecule has 0 bridgehead atoms. The van der Waals surface area contributed by atoms with Gasteiger partial charge in [0.15, 0.2) is 0 Å². The number of para-hydroxylation sites is 1.